The van der Waals surface area contributed by atoms with Crippen molar-refractivity contribution >= 4 is 55.5 Å². The van der Waals surface area contributed by atoms with E-state index in [1.165, 1.54) is 69.9 Å². The zero-order valence-corrected chi connectivity index (χ0v) is 21.0. The van der Waals surface area contributed by atoms with Crippen LogP contribution in [0, 0.1) is 3.57 Å². The van der Waals surface area contributed by atoms with E-state index in [0.29, 0.717) is 0 Å². The van der Waals surface area contributed by atoms with Gasteiger partial charge in [-0.15, -0.1) is 0 Å². The molecule has 2 heteroatoms. The lowest BCUT2D eigenvalue weighted by Crippen LogP contribution is -2.33. The maximum absolute atomic E-state index is 3.95. The number of halogens is 1. The molecule has 0 bridgehead atoms. The first-order valence-electron chi connectivity index (χ1n) is 12.0. The molecule has 1 N–H and O–H groups in total. The summed E-state index contributed by atoms with van der Waals surface area (Å²) in [5.41, 5.74) is 10.1. The molecule has 6 aromatic rings. The van der Waals surface area contributed by atoms with Gasteiger partial charge in [-0.05, 0) is 78.9 Å². The molecule has 0 aromatic heterocycles. The fourth-order valence-electron chi connectivity index (χ4n) is 6.54. The molecule has 0 unspecified atom stereocenters. The Kier molecular flexibility index (Phi) is 3.91. The first kappa shape index (κ1) is 19.7. The first-order valence-corrected chi connectivity index (χ1v) is 13.1. The minimum atomic E-state index is -0.378. The summed E-state index contributed by atoms with van der Waals surface area (Å²) in [4.78, 5) is 0. The van der Waals surface area contributed by atoms with Gasteiger partial charge in [-0.3, -0.25) is 0 Å². The van der Waals surface area contributed by atoms with E-state index in [1.807, 2.05) is 0 Å². The summed E-state index contributed by atoms with van der Waals surface area (Å²) in [5, 5.41) is 8.99. The number of benzene rings is 6. The molecule has 8 rings (SSSR count). The van der Waals surface area contributed by atoms with Crippen molar-refractivity contribution in [2.75, 3.05) is 5.32 Å². The van der Waals surface area contributed by atoms with Gasteiger partial charge < -0.3 is 5.32 Å². The zero-order chi connectivity index (χ0) is 23.1. The van der Waals surface area contributed by atoms with Crippen molar-refractivity contribution < 1.29 is 0 Å². The Bertz CT molecular complexity index is 1760. The van der Waals surface area contributed by atoms with Gasteiger partial charge in [0.1, 0.15) is 0 Å². The molecule has 0 fully saturated rings. The third kappa shape index (κ3) is 2.43. The van der Waals surface area contributed by atoms with E-state index < -0.39 is 0 Å². The van der Waals surface area contributed by atoms with Crippen molar-refractivity contribution in [3.63, 3.8) is 0 Å². The summed E-state index contributed by atoms with van der Waals surface area (Å²) in [6.45, 7) is 0. The number of hydrogen-bond acceptors (Lipinski definition) is 1. The molecule has 0 radical (unpaired) electrons. The Hall–Kier alpha value is -3.63. The maximum Gasteiger partial charge on any atom is 0.0754 e. The summed E-state index contributed by atoms with van der Waals surface area (Å²) in [5.74, 6) is 0. The minimum absolute atomic E-state index is 0.378. The molecule has 1 heterocycles. The van der Waals surface area contributed by atoms with Crippen molar-refractivity contribution in [2.24, 2.45) is 0 Å². The molecule has 2 aliphatic rings. The highest BCUT2D eigenvalue weighted by molar-refractivity contribution is 14.1. The van der Waals surface area contributed by atoms with Crippen LogP contribution in [0.15, 0.2) is 115 Å². The number of anilines is 2. The van der Waals surface area contributed by atoms with E-state index in [2.05, 4.69) is 143 Å². The largest absolute Gasteiger partial charge is 0.354 e. The number of fused-ring (bicyclic) bond motifs is 13. The summed E-state index contributed by atoms with van der Waals surface area (Å²) in [6, 6.07) is 42.7. The van der Waals surface area contributed by atoms with E-state index in [0.717, 1.165) is 0 Å². The Morgan fingerprint density at radius 1 is 0.486 bits per heavy atom. The summed E-state index contributed by atoms with van der Waals surface area (Å²) >= 11 is 2.46. The second-order valence-electron chi connectivity index (χ2n) is 9.53. The number of hydrogen-bond donors (Lipinski definition) is 1. The molecule has 0 atom stereocenters. The normalized spacial score (nSPS) is 14.3. The molecular weight excluding hydrogens is 537 g/mol. The minimum Gasteiger partial charge on any atom is -0.354 e. The summed E-state index contributed by atoms with van der Waals surface area (Å²) < 4.78 is 1.26. The predicted molar refractivity (Wildman–Crippen MR) is 155 cm³/mol. The highest BCUT2D eigenvalue weighted by Crippen LogP contribution is 2.62. The van der Waals surface area contributed by atoms with Crippen LogP contribution < -0.4 is 5.32 Å². The van der Waals surface area contributed by atoms with E-state index >= 15 is 0 Å². The molecule has 1 spiro atoms. The average Bonchev–Trinajstić information content (AvgIpc) is 3.19. The van der Waals surface area contributed by atoms with Gasteiger partial charge >= 0.3 is 0 Å². The van der Waals surface area contributed by atoms with E-state index in [4.69, 9.17) is 0 Å². The average molecular weight is 557 g/mol. The summed E-state index contributed by atoms with van der Waals surface area (Å²) in [6.07, 6.45) is 0. The first-order chi connectivity index (χ1) is 17.3. The Morgan fingerprint density at radius 3 is 1.74 bits per heavy atom. The van der Waals surface area contributed by atoms with Crippen LogP contribution in [0.25, 0.3) is 32.7 Å². The lowest BCUT2D eigenvalue weighted by Gasteiger charge is -2.41. The highest BCUT2D eigenvalue weighted by Gasteiger charge is 2.50. The molecular formula is C33H20IN. The van der Waals surface area contributed by atoms with Crippen LogP contribution in [0.3, 0.4) is 0 Å². The third-order valence-corrected chi connectivity index (χ3v) is 8.59. The lowest BCUT2D eigenvalue weighted by molar-refractivity contribution is 0.766. The van der Waals surface area contributed by atoms with Gasteiger partial charge in [-0.1, -0.05) is 103 Å². The van der Waals surface area contributed by atoms with E-state index in [-0.39, 0.29) is 5.41 Å². The number of nitrogens with one attached hydrogen (secondary N) is 1. The molecule has 1 aliphatic carbocycles. The van der Waals surface area contributed by atoms with Crippen molar-refractivity contribution in [2.45, 2.75) is 5.41 Å². The molecule has 35 heavy (non-hydrogen) atoms. The van der Waals surface area contributed by atoms with E-state index in [9.17, 15) is 0 Å². The van der Waals surface area contributed by atoms with Crippen LogP contribution in [0.4, 0.5) is 11.4 Å². The Morgan fingerprint density at radius 2 is 1.06 bits per heavy atom. The predicted octanol–water partition coefficient (Wildman–Crippen LogP) is 9.02. The van der Waals surface area contributed by atoms with Crippen molar-refractivity contribution in [1.82, 2.24) is 0 Å². The SMILES string of the molecule is Ic1ccc2c(c1)C1(c3ccccc3-2)c2ccc3ccccc3c2Nc2c1ccc1ccccc21. The third-order valence-electron chi connectivity index (χ3n) is 7.92. The smallest absolute Gasteiger partial charge is 0.0754 e. The highest BCUT2D eigenvalue weighted by atomic mass is 127. The zero-order valence-electron chi connectivity index (χ0n) is 18.8. The molecule has 0 saturated heterocycles. The molecule has 164 valence electrons. The second-order valence-corrected chi connectivity index (χ2v) is 10.8. The van der Waals surface area contributed by atoms with Crippen molar-refractivity contribution in [3.8, 4) is 11.1 Å². The van der Waals surface area contributed by atoms with Gasteiger partial charge in [0.05, 0.1) is 16.8 Å². The second kappa shape index (κ2) is 6.96. The Labute approximate surface area is 217 Å². The fraction of sp³-hybridized carbons (Fsp3) is 0.0303. The maximum atomic E-state index is 3.95. The summed E-state index contributed by atoms with van der Waals surface area (Å²) in [7, 11) is 0. The van der Waals surface area contributed by atoms with Gasteiger partial charge in [0.25, 0.3) is 0 Å². The standard InChI is InChI=1S/C33H20IN/c34-22-15-16-26-25-11-5-6-12-27(25)33(30(26)19-22)28-17-13-20-7-1-3-9-23(20)31(28)35-32-24-10-4-2-8-21(24)14-18-29(32)33/h1-19,35H. The quantitative estimate of drug-likeness (QED) is 0.184. The van der Waals surface area contributed by atoms with Crippen LogP contribution in [0.2, 0.25) is 0 Å². The van der Waals surface area contributed by atoms with Gasteiger partial charge in [0.2, 0.25) is 0 Å². The molecule has 0 saturated carbocycles. The van der Waals surface area contributed by atoms with Gasteiger partial charge in [0, 0.05) is 14.3 Å². The molecule has 6 aromatic carbocycles. The molecule has 1 nitrogen and oxygen atoms in total. The van der Waals surface area contributed by atoms with Crippen LogP contribution in [0.5, 0.6) is 0 Å². The lowest BCUT2D eigenvalue weighted by atomic mass is 9.64. The molecule has 0 amide bonds. The van der Waals surface area contributed by atoms with Gasteiger partial charge in [0.15, 0.2) is 0 Å². The van der Waals surface area contributed by atoms with Crippen LogP contribution >= 0.6 is 22.6 Å². The van der Waals surface area contributed by atoms with Gasteiger partial charge in [-0.25, -0.2) is 0 Å². The number of rotatable bonds is 0. The Balaban J connectivity index is 1.64. The van der Waals surface area contributed by atoms with Crippen LogP contribution in [0.1, 0.15) is 22.3 Å². The molecule has 1 aliphatic heterocycles. The fourth-order valence-corrected chi connectivity index (χ4v) is 7.03. The topological polar surface area (TPSA) is 12.0 Å². The monoisotopic (exact) mass is 557 g/mol. The van der Waals surface area contributed by atoms with Crippen LogP contribution in [-0.2, 0) is 5.41 Å². The van der Waals surface area contributed by atoms with Crippen molar-refractivity contribution in [1.29, 1.82) is 0 Å². The van der Waals surface area contributed by atoms with Gasteiger partial charge in [-0.2, -0.15) is 0 Å². The van der Waals surface area contributed by atoms with Crippen molar-refractivity contribution in [3.05, 3.63) is 141 Å². The van der Waals surface area contributed by atoms with E-state index in [1.54, 1.807) is 0 Å². The van der Waals surface area contributed by atoms with Crippen LogP contribution in [-0.4, -0.2) is 0 Å².